The second-order valence-electron chi connectivity index (χ2n) is 2.86. The summed E-state index contributed by atoms with van der Waals surface area (Å²) in [5.41, 5.74) is 0.988. The van der Waals surface area contributed by atoms with E-state index in [1.165, 1.54) is 6.92 Å². The normalized spacial score (nSPS) is 11.1. The zero-order chi connectivity index (χ0) is 10.6. The molecule has 0 bridgehead atoms. The van der Waals surface area contributed by atoms with Crippen LogP contribution in [0.15, 0.2) is 23.5 Å². The monoisotopic (exact) mass is 193 g/mol. The average molecular weight is 193 g/mol. The van der Waals surface area contributed by atoms with Crippen LogP contribution in [-0.4, -0.2) is 21.8 Å². The van der Waals surface area contributed by atoms with E-state index >= 15 is 0 Å². The Morgan fingerprint density at radius 3 is 2.93 bits per heavy atom. The first-order chi connectivity index (χ1) is 6.63. The van der Waals surface area contributed by atoms with Crippen molar-refractivity contribution in [2.24, 2.45) is 5.16 Å². The number of carbonyl (C=O) groups is 1. The lowest BCUT2D eigenvalue weighted by Crippen LogP contribution is -2.20. The van der Waals surface area contributed by atoms with Crippen molar-refractivity contribution in [3.8, 4) is 0 Å². The number of anilines is 1. The summed E-state index contributed by atoms with van der Waals surface area (Å²) in [5.74, 6) is -0.0244. The maximum Gasteiger partial charge on any atom is 0.274 e. The maximum absolute atomic E-state index is 11.2. The Morgan fingerprint density at radius 2 is 2.36 bits per heavy atom. The zero-order valence-electron chi connectivity index (χ0n) is 7.98. The summed E-state index contributed by atoms with van der Waals surface area (Å²) in [6.07, 6.45) is 1.59. The predicted octanol–water partition coefficient (Wildman–Crippen LogP) is 1.18. The van der Waals surface area contributed by atoms with Gasteiger partial charge in [0.1, 0.15) is 11.5 Å². The lowest BCUT2D eigenvalue weighted by Gasteiger charge is -2.02. The van der Waals surface area contributed by atoms with E-state index in [1.807, 2.05) is 13.0 Å². The van der Waals surface area contributed by atoms with Crippen LogP contribution in [0.1, 0.15) is 12.5 Å². The number of pyridine rings is 1. The van der Waals surface area contributed by atoms with Crippen molar-refractivity contribution in [2.45, 2.75) is 13.8 Å². The summed E-state index contributed by atoms with van der Waals surface area (Å²) in [6, 6.07) is 3.55. The van der Waals surface area contributed by atoms with Crippen LogP contribution >= 0.6 is 0 Å². The first kappa shape index (κ1) is 10.2. The van der Waals surface area contributed by atoms with E-state index in [2.05, 4.69) is 15.5 Å². The Morgan fingerprint density at radius 1 is 1.64 bits per heavy atom. The fourth-order valence-electron chi connectivity index (χ4n) is 0.857. The van der Waals surface area contributed by atoms with Crippen molar-refractivity contribution < 1.29 is 10.0 Å². The summed E-state index contributed by atoms with van der Waals surface area (Å²) in [7, 11) is 0. The first-order valence-corrected chi connectivity index (χ1v) is 4.06. The first-order valence-electron chi connectivity index (χ1n) is 4.06. The van der Waals surface area contributed by atoms with Crippen molar-refractivity contribution in [1.29, 1.82) is 0 Å². The molecule has 74 valence electrons. The Hall–Kier alpha value is -1.91. The molecule has 1 rings (SSSR count). The molecule has 1 heterocycles. The summed E-state index contributed by atoms with van der Waals surface area (Å²) in [4.78, 5) is 15.1. The quantitative estimate of drug-likeness (QED) is 0.420. The number of nitrogens with one attached hydrogen (secondary N) is 1. The van der Waals surface area contributed by atoms with Gasteiger partial charge in [-0.25, -0.2) is 4.98 Å². The minimum Gasteiger partial charge on any atom is -0.410 e. The summed E-state index contributed by atoms with van der Waals surface area (Å²) < 4.78 is 0. The van der Waals surface area contributed by atoms with Gasteiger partial charge in [0.25, 0.3) is 5.91 Å². The van der Waals surface area contributed by atoms with Crippen LogP contribution in [0, 0.1) is 6.92 Å². The summed E-state index contributed by atoms with van der Waals surface area (Å²) in [6.45, 7) is 3.30. The molecule has 0 saturated heterocycles. The number of aromatic nitrogens is 1. The van der Waals surface area contributed by atoms with E-state index in [4.69, 9.17) is 5.21 Å². The van der Waals surface area contributed by atoms with Gasteiger partial charge in [-0.2, -0.15) is 0 Å². The summed E-state index contributed by atoms with van der Waals surface area (Å²) in [5, 5.41) is 13.6. The van der Waals surface area contributed by atoms with Crippen molar-refractivity contribution in [2.75, 3.05) is 5.32 Å². The second-order valence-corrected chi connectivity index (χ2v) is 2.86. The molecule has 0 aliphatic heterocycles. The van der Waals surface area contributed by atoms with Crippen molar-refractivity contribution in [3.05, 3.63) is 23.9 Å². The maximum atomic E-state index is 11.2. The largest absolute Gasteiger partial charge is 0.410 e. The predicted molar refractivity (Wildman–Crippen MR) is 52.5 cm³/mol. The number of amides is 1. The van der Waals surface area contributed by atoms with Gasteiger partial charge in [-0.3, -0.25) is 4.79 Å². The topological polar surface area (TPSA) is 74.6 Å². The summed E-state index contributed by atoms with van der Waals surface area (Å²) >= 11 is 0. The smallest absolute Gasteiger partial charge is 0.274 e. The van der Waals surface area contributed by atoms with Crippen LogP contribution in [0.2, 0.25) is 0 Å². The molecule has 0 aromatic carbocycles. The molecule has 0 fully saturated rings. The van der Waals surface area contributed by atoms with E-state index in [9.17, 15) is 4.79 Å². The van der Waals surface area contributed by atoms with E-state index in [-0.39, 0.29) is 5.71 Å². The minimum absolute atomic E-state index is 0.00620. The molecule has 5 heteroatoms. The Bertz CT molecular complexity index is 374. The Kier molecular flexibility index (Phi) is 3.17. The van der Waals surface area contributed by atoms with Crippen molar-refractivity contribution >= 4 is 17.4 Å². The van der Waals surface area contributed by atoms with E-state index in [0.29, 0.717) is 5.82 Å². The van der Waals surface area contributed by atoms with Gasteiger partial charge < -0.3 is 10.5 Å². The second kappa shape index (κ2) is 4.36. The van der Waals surface area contributed by atoms with Gasteiger partial charge in [0.05, 0.1) is 0 Å². The van der Waals surface area contributed by atoms with Crippen LogP contribution in [0.3, 0.4) is 0 Å². The number of hydrogen-bond acceptors (Lipinski definition) is 4. The Labute approximate surface area is 81.5 Å². The fraction of sp³-hybridized carbons (Fsp3) is 0.222. The SMILES string of the molecule is C/C(=N/O)C(=O)Nc1cc(C)ccn1. The van der Waals surface area contributed by atoms with E-state index in [1.54, 1.807) is 12.3 Å². The minimum atomic E-state index is -0.467. The molecule has 5 nitrogen and oxygen atoms in total. The van der Waals surface area contributed by atoms with Gasteiger partial charge in [0, 0.05) is 6.20 Å². The van der Waals surface area contributed by atoms with Gasteiger partial charge in [0.2, 0.25) is 0 Å². The molecule has 1 aromatic heterocycles. The number of nitrogens with zero attached hydrogens (tertiary/aromatic N) is 2. The molecule has 0 spiro atoms. The van der Waals surface area contributed by atoms with Crippen LogP contribution in [-0.2, 0) is 4.79 Å². The van der Waals surface area contributed by atoms with Crippen LogP contribution in [0.5, 0.6) is 0 Å². The molecule has 0 atom stereocenters. The highest BCUT2D eigenvalue weighted by atomic mass is 16.4. The number of aryl methyl sites for hydroxylation is 1. The molecule has 0 radical (unpaired) electrons. The van der Waals surface area contributed by atoms with Crippen LogP contribution < -0.4 is 5.32 Å². The van der Waals surface area contributed by atoms with Crippen LogP contribution in [0.25, 0.3) is 0 Å². The number of oxime groups is 1. The molecule has 0 aliphatic carbocycles. The lowest BCUT2D eigenvalue weighted by molar-refractivity contribution is -0.110. The molecule has 14 heavy (non-hydrogen) atoms. The van der Waals surface area contributed by atoms with Gasteiger partial charge in [0.15, 0.2) is 0 Å². The van der Waals surface area contributed by atoms with Gasteiger partial charge in [-0.05, 0) is 31.5 Å². The van der Waals surface area contributed by atoms with E-state index < -0.39 is 5.91 Å². The molecule has 0 saturated carbocycles. The van der Waals surface area contributed by atoms with Crippen molar-refractivity contribution in [1.82, 2.24) is 4.98 Å². The highest BCUT2D eigenvalue weighted by molar-refractivity contribution is 6.41. The van der Waals surface area contributed by atoms with Crippen molar-refractivity contribution in [3.63, 3.8) is 0 Å². The van der Waals surface area contributed by atoms with E-state index in [0.717, 1.165) is 5.56 Å². The molecule has 0 unspecified atom stereocenters. The lowest BCUT2D eigenvalue weighted by atomic mass is 10.3. The average Bonchev–Trinajstić information content (AvgIpc) is 2.16. The number of carbonyl (C=O) groups excluding carboxylic acids is 1. The molecular weight excluding hydrogens is 182 g/mol. The third-order valence-corrected chi connectivity index (χ3v) is 1.64. The zero-order valence-corrected chi connectivity index (χ0v) is 7.98. The molecule has 0 aliphatic rings. The number of rotatable bonds is 2. The highest BCUT2D eigenvalue weighted by Crippen LogP contribution is 2.04. The molecule has 1 aromatic rings. The van der Waals surface area contributed by atoms with Gasteiger partial charge >= 0.3 is 0 Å². The molecular formula is C9H11N3O2. The van der Waals surface area contributed by atoms with Gasteiger partial charge in [-0.15, -0.1) is 0 Å². The third kappa shape index (κ3) is 2.55. The third-order valence-electron chi connectivity index (χ3n) is 1.64. The number of hydrogen-bond donors (Lipinski definition) is 2. The highest BCUT2D eigenvalue weighted by Gasteiger charge is 2.06. The molecule has 1 amide bonds. The molecule has 2 N–H and O–H groups in total. The fourth-order valence-corrected chi connectivity index (χ4v) is 0.857. The Balaban J connectivity index is 2.75. The van der Waals surface area contributed by atoms with Gasteiger partial charge in [-0.1, -0.05) is 5.16 Å². The van der Waals surface area contributed by atoms with Crippen LogP contribution in [0.4, 0.5) is 5.82 Å². The standard InChI is InChI=1S/C9H11N3O2/c1-6-3-4-10-8(5-6)11-9(13)7(2)12-14/h3-5,14H,1-2H3,(H,10,11,13)/b12-7-.